The number of aliphatic hydroxyl groups is 2. The van der Waals surface area contributed by atoms with Crippen molar-refractivity contribution in [3.63, 3.8) is 0 Å². The Kier molecular flexibility index (Phi) is 45.0. The van der Waals surface area contributed by atoms with Crippen LogP contribution in [0.2, 0.25) is 0 Å². The van der Waals surface area contributed by atoms with Crippen LogP contribution in [-0.4, -0.2) is 89.2 Å². The SMILES string of the molecule is CC/C=C\C/C=C\C/C=C\C/C=C\C/C=C\CCCCCC(=O)OCC(COC1OC(C(=O)O)C(O)C(O)C1OC(=O)CC/C=C\C/C=C\C/C=C\C/C=C\CC)OC(=O)CCCCCCC/C=C\C/C=C\CCC. The number of carboxylic acids is 1. The molecule has 420 valence electrons. The van der Waals surface area contributed by atoms with Crippen molar-refractivity contribution in [1.29, 1.82) is 0 Å². The van der Waals surface area contributed by atoms with Crippen LogP contribution < -0.4 is 0 Å². The van der Waals surface area contributed by atoms with E-state index >= 15 is 0 Å². The number of hydrogen-bond donors (Lipinski definition) is 3. The highest BCUT2D eigenvalue weighted by Crippen LogP contribution is 2.26. The molecule has 0 aromatic carbocycles. The molecule has 1 aliphatic rings. The van der Waals surface area contributed by atoms with Gasteiger partial charge in [-0.3, -0.25) is 14.4 Å². The van der Waals surface area contributed by atoms with E-state index in [9.17, 15) is 34.5 Å². The summed E-state index contributed by atoms with van der Waals surface area (Å²) in [6, 6.07) is 0. The molecule has 0 bridgehead atoms. The normalized spacial score (nSPS) is 19.2. The molecule has 1 aliphatic heterocycles. The molecule has 1 heterocycles. The molecule has 1 fully saturated rings. The molecule has 12 heteroatoms. The van der Waals surface area contributed by atoms with Gasteiger partial charge in [0.1, 0.15) is 18.8 Å². The minimum atomic E-state index is -1.94. The Bertz CT molecular complexity index is 1810. The first-order valence-electron chi connectivity index (χ1n) is 28.2. The van der Waals surface area contributed by atoms with Crippen molar-refractivity contribution in [2.75, 3.05) is 13.2 Å². The summed E-state index contributed by atoms with van der Waals surface area (Å²) in [5.41, 5.74) is 0. The first-order valence-corrected chi connectivity index (χ1v) is 28.2. The van der Waals surface area contributed by atoms with Crippen LogP contribution >= 0.6 is 0 Å². The highest BCUT2D eigenvalue weighted by molar-refractivity contribution is 5.74. The summed E-state index contributed by atoms with van der Waals surface area (Å²) in [5.74, 6) is -3.31. The molecule has 0 saturated carbocycles. The van der Waals surface area contributed by atoms with Crippen LogP contribution in [0.15, 0.2) is 134 Å². The highest BCUT2D eigenvalue weighted by atomic mass is 16.7. The third-order valence-corrected chi connectivity index (χ3v) is 11.7. The second-order valence-electron chi connectivity index (χ2n) is 18.4. The zero-order valence-corrected chi connectivity index (χ0v) is 46.0. The molecule has 3 N–H and O–H groups in total. The number of unbranched alkanes of at least 4 members (excludes halogenated alkanes) is 9. The predicted octanol–water partition coefficient (Wildman–Crippen LogP) is 14.2. The smallest absolute Gasteiger partial charge is 0.335 e. The lowest BCUT2D eigenvalue weighted by molar-refractivity contribution is -0.301. The van der Waals surface area contributed by atoms with E-state index in [0.717, 1.165) is 122 Å². The van der Waals surface area contributed by atoms with Gasteiger partial charge in [-0.1, -0.05) is 187 Å². The Balaban J connectivity index is 2.77. The molecule has 6 unspecified atom stereocenters. The maximum absolute atomic E-state index is 13.1. The maximum Gasteiger partial charge on any atom is 0.335 e. The van der Waals surface area contributed by atoms with Crippen molar-refractivity contribution < 1.29 is 58.2 Å². The predicted molar refractivity (Wildman–Crippen MR) is 303 cm³/mol. The van der Waals surface area contributed by atoms with Crippen molar-refractivity contribution in [1.82, 2.24) is 0 Å². The third kappa shape index (κ3) is 39.9. The molecule has 0 amide bonds. The average molecular weight is 1050 g/mol. The second kappa shape index (κ2) is 49.7. The number of aliphatic hydroxyl groups excluding tert-OH is 2. The Hall–Kier alpha value is -5.14. The maximum atomic E-state index is 13.1. The van der Waals surface area contributed by atoms with Crippen LogP contribution in [0.1, 0.15) is 188 Å². The number of rotatable bonds is 45. The summed E-state index contributed by atoms with van der Waals surface area (Å²) in [6.07, 6.45) is 57.3. The van der Waals surface area contributed by atoms with Gasteiger partial charge in [0.15, 0.2) is 24.6 Å². The number of carbonyl (C=O) groups excluding carboxylic acids is 3. The summed E-state index contributed by atoms with van der Waals surface area (Å²) in [6.45, 7) is 5.59. The average Bonchev–Trinajstić information content (AvgIpc) is 3.39. The van der Waals surface area contributed by atoms with Gasteiger partial charge in [0.2, 0.25) is 0 Å². The Morgan fingerprint density at radius 3 is 1.35 bits per heavy atom. The van der Waals surface area contributed by atoms with Gasteiger partial charge in [-0.05, 0) is 116 Å². The van der Waals surface area contributed by atoms with Gasteiger partial charge in [0, 0.05) is 19.3 Å². The van der Waals surface area contributed by atoms with Gasteiger partial charge >= 0.3 is 23.9 Å². The van der Waals surface area contributed by atoms with Gasteiger partial charge in [0.05, 0.1) is 6.61 Å². The second-order valence-corrected chi connectivity index (χ2v) is 18.4. The number of esters is 3. The summed E-state index contributed by atoms with van der Waals surface area (Å²) in [5, 5.41) is 31.4. The molecule has 0 aromatic rings. The molecule has 0 aromatic heterocycles. The van der Waals surface area contributed by atoms with Crippen molar-refractivity contribution >= 4 is 23.9 Å². The van der Waals surface area contributed by atoms with Crippen LogP contribution in [-0.2, 0) is 42.9 Å². The van der Waals surface area contributed by atoms with Crippen LogP contribution in [0, 0.1) is 0 Å². The largest absolute Gasteiger partial charge is 0.479 e. The number of carbonyl (C=O) groups is 4. The van der Waals surface area contributed by atoms with E-state index < -0.39 is 67.3 Å². The van der Waals surface area contributed by atoms with E-state index in [0.29, 0.717) is 25.7 Å². The van der Waals surface area contributed by atoms with Crippen molar-refractivity contribution in [2.24, 2.45) is 0 Å². The lowest BCUT2D eigenvalue weighted by atomic mass is 9.98. The van der Waals surface area contributed by atoms with E-state index in [1.807, 2.05) is 18.2 Å². The molecule has 12 nitrogen and oxygen atoms in total. The number of carboxylic acid groups (broad SMARTS) is 1. The molecular weight excluding hydrogens is 949 g/mol. The Morgan fingerprint density at radius 1 is 0.453 bits per heavy atom. The number of allylic oxidation sites excluding steroid dienone is 22. The van der Waals surface area contributed by atoms with E-state index in [-0.39, 0.29) is 25.9 Å². The quantitative estimate of drug-likeness (QED) is 0.0228. The van der Waals surface area contributed by atoms with Gasteiger partial charge < -0.3 is 39.0 Å². The van der Waals surface area contributed by atoms with E-state index in [4.69, 9.17) is 23.7 Å². The number of aliphatic carboxylic acids is 1. The van der Waals surface area contributed by atoms with Gasteiger partial charge in [0.25, 0.3) is 0 Å². The molecule has 75 heavy (non-hydrogen) atoms. The monoisotopic (exact) mass is 1040 g/mol. The van der Waals surface area contributed by atoms with E-state index in [2.05, 4.69) is 136 Å². The molecule has 1 saturated heterocycles. The molecule has 0 radical (unpaired) electrons. The van der Waals surface area contributed by atoms with Crippen LogP contribution in [0.5, 0.6) is 0 Å². The number of ether oxygens (including phenoxy) is 5. The third-order valence-electron chi connectivity index (χ3n) is 11.7. The Morgan fingerprint density at radius 2 is 0.867 bits per heavy atom. The minimum Gasteiger partial charge on any atom is -0.479 e. The number of hydrogen-bond acceptors (Lipinski definition) is 11. The Labute approximate surface area is 451 Å². The fourth-order valence-corrected chi connectivity index (χ4v) is 7.44. The van der Waals surface area contributed by atoms with Crippen molar-refractivity contribution in [3.8, 4) is 0 Å². The lowest BCUT2D eigenvalue weighted by Crippen LogP contribution is -2.61. The standard InChI is InChI=1S/C63H96O12/c1-4-7-10-13-16-19-22-25-26-27-28-29-30-33-34-37-40-43-46-49-55(64)71-52-54(73-56(65)50-47-44-41-38-35-31-23-20-17-14-11-8-5-2)53-72-63-61(59(68)58(67)60(75-63)62(69)70)74-57(66)51-48-45-42-39-36-32-24-21-18-15-12-9-6-3/h7,9-12,14,16,18-21,23,25-26,28-29,32-34,36,42,45,54,58-61,63,67-68H,4-6,8,13,15,17,22,24,27,30-31,35,37-41,43-44,46-53H2,1-3H3,(H,69,70)/b10-7-,12-9-,14-11-,19-16-,21-18-,23-20-,26-25-,29-28-,34-33-,36-32-,45-42-. The molecule has 0 aliphatic carbocycles. The van der Waals surface area contributed by atoms with Gasteiger partial charge in [-0.25, -0.2) is 4.79 Å². The zero-order valence-electron chi connectivity index (χ0n) is 46.0. The van der Waals surface area contributed by atoms with Crippen molar-refractivity contribution in [3.05, 3.63) is 134 Å². The molecule has 6 atom stereocenters. The molecule has 1 rings (SSSR count). The fraction of sp³-hybridized carbons (Fsp3) is 0.587. The minimum absolute atomic E-state index is 0.0732. The zero-order chi connectivity index (χ0) is 54.7. The van der Waals surface area contributed by atoms with E-state index in [1.54, 1.807) is 0 Å². The first-order chi connectivity index (χ1) is 36.6. The summed E-state index contributed by atoms with van der Waals surface area (Å²) >= 11 is 0. The van der Waals surface area contributed by atoms with Crippen LogP contribution in [0.25, 0.3) is 0 Å². The van der Waals surface area contributed by atoms with Crippen molar-refractivity contribution in [2.45, 2.75) is 225 Å². The first kappa shape index (κ1) is 67.9. The fourth-order valence-electron chi connectivity index (χ4n) is 7.44. The summed E-state index contributed by atoms with van der Waals surface area (Å²) in [4.78, 5) is 51.0. The summed E-state index contributed by atoms with van der Waals surface area (Å²) < 4.78 is 28.2. The molecule has 0 spiro atoms. The lowest BCUT2D eigenvalue weighted by Gasteiger charge is -2.40. The van der Waals surface area contributed by atoms with Crippen LogP contribution in [0.3, 0.4) is 0 Å². The summed E-state index contributed by atoms with van der Waals surface area (Å²) in [7, 11) is 0. The van der Waals surface area contributed by atoms with Gasteiger partial charge in [-0.2, -0.15) is 0 Å². The topological polar surface area (TPSA) is 175 Å². The molecular formula is C63H96O12. The van der Waals surface area contributed by atoms with E-state index in [1.165, 1.54) is 0 Å². The van der Waals surface area contributed by atoms with Gasteiger partial charge in [-0.15, -0.1) is 0 Å². The highest BCUT2D eigenvalue weighted by Gasteiger charge is 2.50. The van der Waals surface area contributed by atoms with Crippen LogP contribution in [0.4, 0.5) is 0 Å².